The second-order valence-electron chi connectivity index (χ2n) is 7.74. The normalized spacial score (nSPS) is 11.4. The first-order valence-corrected chi connectivity index (χ1v) is 11.0. The van der Waals surface area contributed by atoms with Gasteiger partial charge in [0.25, 0.3) is 5.56 Å². The van der Waals surface area contributed by atoms with Gasteiger partial charge in [0, 0.05) is 12.5 Å². The van der Waals surface area contributed by atoms with Crippen molar-refractivity contribution in [1.29, 1.82) is 0 Å². The van der Waals surface area contributed by atoms with E-state index in [9.17, 15) is 9.59 Å². The SMILES string of the molecule is CC(C)Cc1nn2c(=O)cc(COC(=O)C(c3ccccc3)c3ccccc3)nc2s1. The molecule has 0 aliphatic carbocycles. The van der Waals surface area contributed by atoms with Crippen molar-refractivity contribution in [2.24, 2.45) is 5.92 Å². The van der Waals surface area contributed by atoms with Crippen molar-refractivity contribution in [3.8, 4) is 0 Å². The fourth-order valence-corrected chi connectivity index (χ4v) is 4.52. The Labute approximate surface area is 184 Å². The largest absolute Gasteiger partial charge is 0.458 e. The third-order valence-corrected chi connectivity index (χ3v) is 5.72. The molecule has 158 valence electrons. The summed E-state index contributed by atoms with van der Waals surface area (Å²) in [7, 11) is 0. The van der Waals surface area contributed by atoms with Crippen molar-refractivity contribution in [2.75, 3.05) is 0 Å². The molecular weight excluding hydrogens is 410 g/mol. The lowest BCUT2D eigenvalue weighted by atomic mass is 9.91. The van der Waals surface area contributed by atoms with Crippen molar-refractivity contribution in [2.45, 2.75) is 32.8 Å². The predicted molar refractivity (Wildman–Crippen MR) is 120 cm³/mol. The van der Waals surface area contributed by atoms with Crippen molar-refractivity contribution in [3.05, 3.63) is 98.9 Å². The van der Waals surface area contributed by atoms with E-state index in [1.54, 1.807) is 0 Å². The van der Waals surface area contributed by atoms with Crippen LogP contribution in [0.15, 0.2) is 71.5 Å². The highest BCUT2D eigenvalue weighted by molar-refractivity contribution is 7.16. The molecule has 0 aliphatic rings. The number of esters is 1. The summed E-state index contributed by atoms with van der Waals surface area (Å²) >= 11 is 1.39. The van der Waals surface area contributed by atoms with Gasteiger partial charge in [-0.25, -0.2) is 4.98 Å². The quantitative estimate of drug-likeness (QED) is 0.408. The molecule has 7 heteroatoms. The summed E-state index contributed by atoms with van der Waals surface area (Å²) < 4.78 is 6.92. The first-order chi connectivity index (χ1) is 15.0. The van der Waals surface area contributed by atoms with Crippen molar-refractivity contribution < 1.29 is 9.53 Å². The van der Waals surface area contributed by atoms with Crippen LogP contribution in [-0.2, 0) is 22.6 Å². The Hall–Kier alpha value is -3.32. The Bertz CT molecular complexity index is 1190. The third kappa shape index (κ3) is 4.88. The minimum atomic E-state index is -0.548. The molecular formula is C24H23N3O3S. The Kier molecular flexibility index (Phi) is 6.23. The molecule has 0 saturated heterocycles. The van der Waals surface area contributed by atoms with Crippen LogP contribution in [0.4, 0.5) is 0 Å². The maximum absolute atomic E-state index is 13.0. The number of carbonyl (C=O) groups is 1. The van der Waals surface area contributed by atoms with Crippen LogP contribution in [0.3, 0.4) is 0 Å². The molecule has 0 bridgehead atoms. The molecule has 0 atom stereocenters. The highest BCUT2D eigenvalue weighted by Crippen LogP contribution is 2.26. The van der Waals surface area contributed by atoms with E-state index in [0.29, 0.717) is 16.6 Å². The van der Waals surface area contributed by atoms with Gasteiger partial charge in [0.1, 0.15) is 17.5 Å². The van der Waals surface area contributed by atoms with Crippen LogP contribution in [0.5, 0.6) is 0 Å². The van der Waals surface area contributed by atoms with Crippen LogP contribution in [-0.4, -0.2) is 20.6 Å². The highest BCUT2D eigenvalue weighted by Gasteiger charge is 2.24. The van der Waals surface area contributed by atoms with E-state index >= 15 is 0 Å². The molecule has 0 N–H and O–H groups in total. The van der Waals surface area contributed by atoms with E-state index in [1.165, 1.54) is 21.9 Å². The maximum atomic E-state index is 13.0. The lowest BCUT2D eigenvalue weighted by molar-refractivity contribution is -0.145. The molecule has 2 aromatic carbocycles. The number of fused-ring (bicyclic) bond motifs is 1. The first kappa shape index (κ1) is 20.9. The van der Waals surface area contributed by atoms with E-state index in [2.05, 4.69) is 23.9 Å². The van der Waals surface area contributed by atoms with E-state index in [-0.39, 0.29) is 18.1 Å². The second-order valence-corrected chi connectivity index (χ2v) is 8.78. The number of ether oxygens (including phenoxy) is 1. The minimum absolute atomic E-state index is 0.0713. The number of hydrogen-bond donors (Lipinski definition) is 0. The Morgan fingerprint density at radius 3 is 2.23 bits per heavy atom. The van der Waals surface area contributed by atoms with Gasteiger partial charge in [-0.2, -0.15) is 9.61 Å². The van der Waals surface area contributed by atoms with Gasteiger partial charge in [-0.1, -0.05) is 85.8 Å². The van der Waals surface area contributed by atoms with E-state index in [0.717, 1.165) is 22.6 Å². The fourth-order valence-electron chi connectivity index (χ4n) is 3.39. The van der Waals surface area contributed by atoms with Crippen LogP contribution in [0.1, 0.15) is 41.6 Å². The van der Waals surface area contributed by atoms with Gasteiger partial charge in [-0.05, 0) is 17.0 Å². The summed E-state index contributed by atoms with van der Waals surface area (Å²) in [6, 6.07) is 20.4. The van der Waals surface area contributed by atoms with Crippen LogP contribution in [0.25, 0.3) is 4.96 Å². The molecule has 0 radical (unpaired) electrons. The van der Waals surface area contributed by atoms with Crippen molar-refractivity contribution in [1.82, 2.24) is 14.6 Å². The smallest absolute Gasteiger partial charge is 0.318 e. The lowest BCUT2D eigenvalue weighted by Crippen LogP contribution is -2.19. The van der Waals surface area contributed by atoms with Gasteiger partial charge >= 0.3 is 5.97 Å². The molecule has 2 aromatic heterocycles. The zero-order valence-electron chi connectivity index (χ0n) is 17.4. The summed E-state index contributed by atoms with van der Waals surface area (Å²) in [6.45, 7) is 4.13. The monoisotopic (exact) mass is 433 g/mol. The third-order valence-electron chi connectivity index (χ3n) is 4.79. The molecule has 0 amide bonds. The van der Waals surface area contributed by atoms with Crippen molar-refractivity contribution >= 4 is 22.3 Å². The molecule has 4 rings (SSSR count). The van der Waals surface area contributed by atoms with Gasteiger partial charge in [0.05, 0.1) is 5.69 Å². The summed E-state index contributed by atoms with van der Waals surface area (Å²) in [5, 5.41) is 5.21. The molecule has 6 nitrogen and oxygen atoms in total. The summed E-state index contributed by atoms with van der Waals surface area (Å²) in [5.74, 6) is -0.498. The fraction of sp³-hybridized carbons (Fsp3) is 0.250. The zero-order valence-corrected chi connectivity index (χ0v) is 18.2. The summed E-state index contributed by atoms with van der Waals surface area (Å²) in [5.41, 5.74) is 1.84. The number of rotatable bonds is 7. The highest BCUT2D eigenvalue weighted by atomic mass is 32.1. The van der Waals surface area contributed by atoms with Gasteiger partial charge in [-0.3, -0.25) is 9.59 Å². The van der Waals surface area contributed by atoms with Gasteiger partial charge in [0.15, 0.2) is 0 Å². The minimum Gasteiger partial charge on any atom is -0.458 e. The van der Waals surface area contributed by atoms with Gasteiger partial charge in [-0.15, -0.1) is 0 Å². The molecule has 0 spiro atoms. The molecule has 0 unspecified atom stereocenters. The second kappa shape index (κ2) is 9.22. The lowest BCUT2D eigenvalue weighted by Gasteiger charge is -2.17. The molecule has 31 heavy (non-hydrogen) atoms. The Morgan fingerprint density at radius 2 is 1.65 bits per heavy atom. The van der Waals surface area contributed by atoms with Crippen LogP contribution < -0.4 is 5.56 Å². The molecule has 0 fully saturated rings. The average molecular weight is 434 g/mol. The number of hydrogen-bond acceptors (Lipinski definition) is 6. The standard InChI is InChI=1S/C24H23N3O3S/c1-16(2)13-20-26-27-21(28)14-19(25-24(27)31-20)15-30-23(29)22(17-9-5-3-6-10-17)18-11-7-4-8-12-18/h3-12,14,16,22H,13,15H2,1-2H3. The van der Waals surface area contributed by atoms with E-state index in [1.807, 2.05) is 60.7 Å². The van der Waals surface area contributed by atoms with E-state index in [4.69, 9.17) is 4.74 Å². The van der Waals surface area contributed by atoms with Crippen LogP contribution in [0, 0.1) is 5.92 Å². The molecule has 4 aromatic rings. The van der Waals surface area contributed by atoms with Crippen LogP contribution >= 0.6 is 11.3 Å². The Balaban J connectivity index is 1.56. The Morgan fingerprint density at radius 1 is 1.03 bits per heavy atom. The number of aromatic nitrogens is 3. The van der Waals surface area contributed by atoms with E-state index < -0.39 is 5.92 Å². The zero-order chi connectivity index (χ0) is 21.8. The number of benzene rings is 2. The number of carbonyl (C=O) groups excluding carboxylic acids is 1. The molecule has 0 aliphatic heterocycles. The van der Waals surface area contributed by atoms with Gasteiger partial charge in [0.2, 0.25) is 4.96 Å². The van der Waals surface area contributed by atoms with Crippen LogP contribution in [0.2, 0.25) is 0 Å². The average Bonchev–Trinajstić information content (AvgIpc) is 3.16. The topological polar surface area (TPSA) is 73.6 Å². The number of nitrogens with zero attached hydrogens (tertiary/aromatic N) is 3. The van der Waals surface area contributed by atoms with Gasteiger partial charge < -0.3 is 4.74 Å². The molecule has 2 heterocycles. The first-order valence-electron chi connectivity index (χ1n) is 10.2. The maximum Gasteiger partial charge on any atom is 0.318 e. The van der Waals surface area contributed by atoms with Crippen molar-refractivity contribution in [3.63, 3.8) is 0 Å². The predicted octanol–water partition coefficient (Wildman–Crippen LogP) is 4.22. The summed E-state index contributed by atoms with van der Waals surface area (Å²) in [4.78, 5) is 30.5. The summed E-state index contributed by atoms with van der Waals surface area (Å²) in [6.07, 6.45) is 0.785. The molecule has 0 saturated carbocycles.